The van der Waals surface area contributed by atoms with Gasteiger partial charge in [0.15, 0.2) is 0 Å². The summed E-state index contributed by atoms with van der Waals surface area (Å²) in [5.41, 5.74) is 2.94. The van der Waals surface area contributed by atoms with Crippen LogP contribution in [0.5, 0.6) is 0 Å². The van der Waals surface area contributed by atoms with Crippen LogP contribution in [0.3, 0.4) is 0 Å². The normalized spacial score (nSPS) is 26.7. The summed E-state index contributed by atoms with van der Waals surface area (Å²) in [6.07, 6.45) is 4.36. The number of nitrogens with zero attached hydrogens (tertiary/aromatic N) is 1. The molecule has 2 fully saturated rings. The van der Waals surface area contributed by atoms with Crippen LogP contribution in [0.1, 0.15) is 57.1 Å². The Hall–Kier alpha value is -0.860. The SMILES string of the molecule is CC(C)NCC(C)c1ccc(CN2CC3CCC2C3)cc1. The van der Waals surface area contributed by atoms with Gasteiger partial charge >= 0.3 is 0 Å². The second-order valence-corrected chi connectivity index (χ2v) is 7.47. The van der Waals surface area contributed by atoms with Crippen molar-refractivity contribution in [2.45, 2.75) is 64.6 Å². The monoisotopic (exact) mass is 286 g/mol. The van der Waals surface area contributed by atoms with Crippen LogP contribution in [-0.4, -0.2) is 30.1 Å². The molecular formula is C19H30N2. The van der Waals surface area contributed by atoms with Gasteiger partial charge in [-0.3, -0.25) is 4.90 Å². The summed E-state index contributed by atoms with van der Waals surface area (Å²) in [7, 11) is 0. The molecular weight excluding hydrogens is 256 g/mol. The Morgan fingerprint density at radius 3 is 2.48 bits per heavy atom. The molecule has 1 saturated heterocycles. The van der Waals surface area contributed by atoms with E-state index in [1.165, 1.54) is 36.9 Å². The molecule has 1 heterocycles. The van der Waals surface area contributed by atoms with Crippen molar-refractivity contribution in [1.82, 2.24) is 10.2 Å². The van der Waals surface area contributed by atoms with Crippen molar-refractivity contribution in [3.8, 4) is 0 Å². The third kappa shape index (κ3) is 3.67. The number of nitrogens with one attached hydrogen (secondary N) is 1. The van der Waals surface area contributed by atoms with Crippen molar-refractivity contribution < 1.29 is 0 Å². The smallest absolute Gasteiger partial charge is 0.0236 e. The van der Waals surface area contributed by atoms with Gasteiger partial charge < -0.3 is 5.32 Å². The highest BCUT2D eigenvalue weighted by Crippen LogP contribution is 2.38. The molecule has 21 heavy (non-hydrogen) atoms. The van der Waals surface area contributed by atoms with E-state index in [4.69, 9.17) is 0 Å². The predicted molar refractivity (Wildman–Crippen MR) is 89.5 cm³/mol. The Morgan fingerprint density at radius 1 is 1.14 bits per heavy atom. The Morgan fingerprint density at radius 2 is 1.90 bits per heavy atom. The van der Waals surface area contributed by atoms with Crippen LogP contribution in [0.15, 0.2) is 24.3 Å². The molecule has 0 amide bonds. The first kappa shape index (κ1) is 15.1. The summed E-state index contributed by atoms with van der Waals surface area (Å²) in [5, 5.41) is 3.53. The molecule has 1 aromatic rings. The van der Waals surface area contributed by atoms with Gasteiger partial charge in [-0.25, -0.2) is 0 Å². The quantitative estimate of drug-likeness (QED) is 0.856. The lowest BCUT2D eigenvalue weighted by molar-refractivity contribution is 0.205. The van der Waals surface area contributed by atoms with E-state index >= 15 is 0 Å². The minimum Gasteiger partial charge on any atom is -0.314 e. The van der Waals surface area contributed by atoms with Crippen LogP contribution in [0, 0.1) is 5.92 Å². The van der Waals surface area contributed by atoms with Gasteiger partial charge in [-0.1, -0.05) is 45.0 Å². The van der Waals surface area contributed by atoms with Crippen LogP contribution in [-0.2, 0) is 6.54 Å². The van der Waals surface area contributed by atoms with Crippen molar-refractivity contribution in [3.05, 3.63) is 35.4 Å². The van der Waals surface area contributed by atoms with Crippen LogP contribution in [0.4, 0.5) is 0 Å². The Balaban J connectivity index is 1.54. The Kier molecular flexibility index (Phi) is 4.66. The number of fused-ring (bicyclic) bond motifs is 2. The number of piperidine rings is 1. The second kappa shape index (κ2) is 6.50. The zero-order chi connectivity index (χ0) is 14.8. The van der Waals surface area contributed by atoms with Gasteiger partial charge in [0.2, 0.25) is 0 Å². The molecule has 0 spiro atoms. The minimum absolute atomic E-state index is 0.567. The van der Waals surface area contributed by atoms with Crippen LogP contribution in [0.2, 0.25) is 0 Å². The van der Waals surface area contributed by atoms with E-state index < -0.39 is 0 Å². The third-order valence-electron chi connectivity index (χ3n) is 5.29. The van der Waals surface area contributed by atoms with Crippen LogP contribution < -0.4 is 5.32 Å². The molecule has 1 aliphatic carbocycles. The highest BCUT2D eigenvalue weighted by molar-refractivity contribution is 5.25. The zero-order valence-electron chi connectivity index (χ0n) is 13.8. The van der Waals surface area contributed by atoms with Gasteiger partial charge in [0.05, 0.1) is 0 Å². The third-order valence-corrected chi connectivity index (χ3v) is 5.29. The van der Waals surface area contributed by atoms with Crippen molar-refractivity contribution in [2.24, 2.45) is 5.92 Å². The fourth-order valence-electron chi connectivity index (χ4n) is 3.94. The van der Waals surface area contributed by atoms with E-state index in [0.717, 1.165) is 25.0 Å². The number of hydrogen-bond acceptors (Lipinski definition) is 2. The van der Waals surface area contributed by atoms with Gasteiger partial charge in [0.1, 0.15) is 0 Å². The van der Waals surface area contributed by atoms with Gasteiger partial charge in [0.25, 0.3) is 0 Å². The summed E-state index contributed by atoms with van der Waals surface area (Å²) >= 11 is 0. The lowest BCUT2D eigenvalue weighted by Gasteiger charge is -2.26. The minimum atomic E-state index is 0.567. The standard InChI is InChI=1S/C19H30N2/c1-14(2)20-11-15(3)18-7-4-16(5-8-18)12-21-13-17-6-9-19(21)10-17/h4-5,7-8,14-15,17,19-20H,6,9-13H2,1-3H3. The largest absolute Gasteiger partial charge is 0.314 e. The molecule has 2 heteroatoms. The van der Waals surface area contributed by atoms with E-state index in [-0.39, 0.29) is 0 Å². The van der Waals surface area contributed by atoms with Gasteiger partial charge in [-0.2, -0.15) is 0 Å². The molecule has 3 rings (SSSR count). The Bertz CT molecular complexity index is 451. The van der Waals surface area contributed by atoms with Gasteiger partial charge in [0, 0.05) is 31.7 Å². The molecule has 3 atom stereocenters. The summed E-state index contributed by atoms with van der Waals surface area (Å²) < 4.78 is 0. The lowest BCUT2D eigenvalue weighted by Crippen LogP contribution is -2.31. The summed E-state index contributed by atoms with van der Waals surface area (Å²) in [6.45, 7) is 10.3. The number of likely N-dealkylation sites (tertiary alicyclic amines) is 1. The number of rotatable bonds is 6. The first-order valence-corrected chi connectivity index (χ1v) is 8.68. The highest BCUT2D eigenvalue weighted by atomic mass is 15.2. The van der Waals surface area contributed by atoms with Crippen LogP contribution >= 0.6 is 0 Å². The molecule has 3 unspecified atom stereocenters. The maximum absolute atomic E-state index is 3.53. The highest BCUT2D eigenvalue weighted by Gasteiger charge is 2.37. The topological polar surface area (TPSA) is 15.3 Å². The summed E-state index contributed by atoms with van der Waals surface area (Å²) in [6, 6.07) is 10.8. The first-order valence-electron chi connectivity index (χ1n) is 8.68. The molecule has 1 aromatic carbocycles. The molecule has 0 aromatic heterocycles. The predicted octanol–water partition coefficient (Wildman–Crippen LogP) is 3.77. The molecule has 1 aliphatic heterocycles. The molecule has 1 N–H and O–H groups in total. The average Bonchev–Trinajstić information content (AvgIpc) is 3.08. The summed E-state index contributed by atoms with van der Waals surface area (Å²) in [4.78, 5) is 2.70. The van der Waals surface area contributed by atoms with E-state index in [2.05, 4.69) is 55.3 Å². The van der Waals surface area contributed by atoms with E-state index in [9.17, 15) is 0 Å². The molecule has 2 nitrogen and oxygen atoms in total. The number of hydrogen-bond donors (Lipinski definition) is 1. The number of benzene rings is 1. The van der Waals surface area contributed by atoms with E-state index in [1.54, 1.807) is 0 Å². The van der Waals surface area contributed by atoms with Gasteiger partial charge in [-0.05, 0) is 42.2 Å². The fourth-order valence-corrected chi connectivity index (χ4v) is 3.94. The molecule has 116 valence electrons. The molecule has 2 aliphatic rings. The van der Waals surface area contributed by atoms with Gasteiger partial charge in [-0.15, -0.1) is 0 Å². The maximum Gasteiger partial charge on any atom is 0.0236 e. The lowest BCUT2D eigenvalue weighted by atomic mass is 9.99. The maximum atomic E-state index is 3.53. The Labute approximate surface area is 129 Å². The van der Waals surface area contributed by atoms with E-state index in [0.29, 0.717) is 12.0 Å². The first-order chi connectivity index (χ1) is 10.1. The van der Waals surface area contributed by atoms with Crippen molar-refractivity contribution in [2.75, 3.05) is 13.1 Å². The summed E-state index contributed by atoms with van der Waals surface area (Å²) in [5.74, 6) is 1.58. The zero-order valence-corrected chi connectivity index (χ0v) is 13.8. The molecule has 2 bridgehead atoms. The molecule has 0 radical (unpaired) electrons. The average molecular weight is 286 g/mol. The van der Waals surface area contributed by atoms with Crippen LogP contribution in [0.25, 0.3) is 0 Å². The van der Waals surface area contributed by atoms with Crippen molar-refractivity contribution in [1.29, 1.82) is 0 Å². The van der Waals surface area contributed by atoms with Crippen molar-refractivity contribution >= 4 is 0 Å². The fraction of sp³-hybridized carbons (Fsp3) is 0.684. The second-order valence-electron chi connectivity index (χ2n) is 7.47. The van der Waals surface area contributed by atoms with E-state index in [1.807, 2.05) is 0 Å². The van der Waals surface area contributed by atoms with Crippen molar-refractivity contribution in [3.63, 3.8) is 0 Å². The molecule has 1 saturated carbocycles.